The molecule has 1 aromatic carbocycles. The van der Waals surface area contributed by atoms with Crippen molar-refractivity contribution in [3.05, 3.63) is 40.3 Å². The largest absolute Gasteiger partial charge is 0.481 e. The molecule has 1 heterocycles. The van der Waals surface area contributed by atoms with Crippen LogP contribution in [-0.4, -0.2) is 45.2 Å². The number of amides is 2. The topological polar surface area (TPSA) is 86.7 Å². The summed E-state index contributed by atoms with van der Waals surface area (Å²) in [6.45, 7) is 7.44. The van der Waals surface area contributed by atoms with Crippen LogP contribution in [0.4, 0.5) is 0 Å². The van der Waals surface area contributed by atoms with E-state index in [0.29, 0.717) is 41.6 Å². The Balaban J connectivity index is 1.76. The maximum absolute atomic E-state index is 12.7. The number of carboxylic acids is 1. The highest BCUT2D eigenvalue weighted by atomic mass is 32.2. The second-order valence-electron chi connectivity index (χ2n) is 8.86. The summed E-state index contributed by atoms with van der Waals surface area (Å²) in [6.07, 6.45) is 5.03. The summed E-state index contributed by atoms with van der Waals surface area (Å²) in [6, 6.07) is 8.19. The lowest BCUT2D eigenvalue weighted by molar-refractivity contribution is -0.137. The molecule has 1 aliphatic rings. The van der Waals surface area contributed by atoms with Crippen LogP contribution in [0.25, 0.3) is 6.08 Å². The Kier molecular flexibility index (Phi) is 9.90. The van der Waals surface area contributed by atoms with Crippen LogP contribution in [0.5, 0.6) is 0 Å². The number of benzene rings is 1. The first-order valence-corrected chi connectivity index (χ1v) is 12.1. The van der Waals surface area contributed by atoms with E-state index in [1.807, 2.05) is 18.2 Å². The third kappa shape index (κ3) is 8.39. The molecule has 2 N–H and O–H groups in total. The molecule has 1 saturated heterocycles. The Hall–Kier alpha value is -2.19. The Bertz CT molecular complexity index is 873. The van der Waals surface area contributed by atoms with Gasteiger partial charge in [0.25, 0.3) is 5.91 Å². The average molecular weight is 477 g/mol. The zero-order valence-electron chi connectivity index (χ0n) is 19.0. The highest BCUT2D eigenvalue weighted by Crippen LogP contribution is 2.33. The smallest absolute Gasteiger partial charge is 0.303 e. The summed E-state index contributed by atoms with van der Waals surface area (Å²) in [5.74, 6) is -0.972. The van der Waals surface area contributed by atoms with Crippen molar-refractivity contribution in [1.82, 2.24) is 10.2 Å². The normalized spacial score (nSPS) is 15.5. The molecule has 1 fully saturated rings. The van der Waals surface area contributed by atoms with E-state index in [-0.39, 0.29) is 23.7 Å². The average Bonchev–Trinajstić information content (AvgIpc) is 2.97. The van der Waals surface area contributed by atoms with E-state index in [1.165, 1.54) is 17.3 Å². The summed E-state index contributed by atoms with van der Waals surface area (Å²) < 4.78 is 0.520. The fourth-order valence-corrected chi connectivity index (χ4v) is 4.52. The van der Waals surface area contributed by atoms with Gasteiger partial charge < -0.3 is 10.4 Å². The number of nitrogens with zero attached hydrogens (tertiary/aromatic N) is 1. The molecule has 32 heavy (non-hydrogen) atoms. The molecule has 8 heteroatoms. The third-order valence-electron chi connectivity index (χ3n) is 5.12. The number of nitrogens with one attached hydrogen (secondary N) is 1. The van der Waals surface area contributed by atoms with Crippen molar-refractivity contribution < 1.29 is 19.5 Å². The minimum Gasteiger partial charge on any atom is -0.481 e. The number of thiocarbonyl (C=S) groups is 1. The molecule has 1 aromatic rings. The summed E-state index contributed by atoms with van der Waals surface area (Å²) >= 11 is 6.67. The zero-order chi connectivity index (χ0) is 23.7. The van der Waals surface area contributed by atoms with E-state index in [1.54, 1.807) is 4.90 Å². The number of rotatable bonds is 11. The van der Waals surface area contributed by atoms with Gasteiger partial charge in [-0.25, -0.2) is 0 Å². The number of hydrogen-bond donors (Lipinski definition) is 2. The molecule has 0 spiro atoms. The van der Waals surface area contributed by atoms with Gasteiger partial charge in [-0.15, -0.1) is 0 Å². The highest BCUT2D eigenvalue weighted by molar-refractivity contribution is 8.26. The molecule has 2 amide bonds. The number of carbonyl (C=O) groups excluding carboxylic acids is 2. The van der Waals surface area contributed by atoms with Gasteiger partial charge in [0.2, 0.25) is 5.91 Å². The maximum Gasteiger partial charge on any atom is 0.303 e. The summed E-state index contributed by atoms with van der Waals surface area (Å²) in [4.78, 5) is 37.3. The van der Waals surface area contributed by atoms with Gasteiger partial charge in [0.05, 0.1) is 4.91 Å². The van der Waals surface area contributed by atoms with E-state index in [2.05, 4.69) is 38.2 Å². The van der Waals surface area contributed by atoms with E-state index >= 15 is 0 Å². The number of hydrogen-bond acceptors (Lipinski definition) is 5. The van der Waals surface area contributed by atoms with Crippen molar-refractivity contribution in [3.8, 4) is 0 Å². The van der Waals surface area contributed by atoms with Gasteiger partial charge in [-0.3, -0.25) is 19.3 Å². The van der Waals surface area contributed by atoms with E-state index in [9.17, 15) is 14.4 Å². The van der Waals surface area contributed by atoms with Crippen molar-refractivity contribution in [2.45, 2.75) is 64.7 Å². The predicted molar refractivity (Wildman–Crippen MR) is 133 cm³/mol. The van der Waals surface area contributed by atoms with E-state index < -0.39 is 5.97 Å². The number of thioether (sulfide) groups is 1. The summed E-state index contributed by atoms with van der Waals surface area (Å²) in [7, 11) is 0. The van der Waals surface area contributed by atoms with Crippen molar-refractivity contribution in [3.63, 3.8) is 0 Å². The molecule has 0 atom stereocenters. The lowest BCUT2D eigenvalue weighted by atomic mass is 9.87. The quantitative estimate of drug-likeness (QED) is 0.273. The molecule has 0 unspecified atom stereocenters. The molecule has 0 radical (unpaired) electrons. The molecule has 1 aliphatic heterocycles. The van der Waals surface area contributed by atoms with Crippen LogP contribution >= 0.6 is 24.0 Å². The molecular weight excluding hydrogens is 444 g/mol. The molecule has 0 aromatic heterocycles. The van der Waals surface area contributed by atoms with Gasteiger partial charge in [-0.1, -0.05) is 75.4 Å². The molecule has 6 nitrogen and oxygen atoms in total. The van der Waals surface area contributed by atoms with Gasteiger partial charge in [0, 0.05) is 25.9 Å². The number of carboxylic acid groups (broad SMARTS) is 1. The first kappa shape index (κ1) is 26.1. The SMILES string of the molecule is CC(C)(C)c1ccc(/C=C2\SC(=S)N(CCCC(=O)NCCCCCC(=O)O)C2=O)cc1. The molecule has 2 rings (SSSR count). The van der Waals surface area contributed by atoms with Crippen molar-refractivity contribution in [1.29, 1.82) is 0 Å². The second-order valence-corrected chi connectivity index (χ2v) is 10.5. The molecule has 0 aliphatic carbocycles. The maximum atomic E-state index is 12.7. The van der Waals surface area contributed by atoms with Gasteiger partial charge in [0.1, 0.15) is 4.32 Å². The Morgan fingerprint density at radius 3 is 2.41 bits per heavy atom. The molecule has 0 bridgehead atoms. The van der Waals surface area contributed by atoms with Crippen molar-refractivity contribution in [2.24, 2.45) is 0 Å². The standard InChI is InChI=1S/C24H32N2O4S2/c1-24(2,3)18-12-10-17(11-13-18)16-19-22(30)26(23(31)32-19)15-7-8-20(27)25-14-6-4-5-9-21(28)29/h10-13,16H,4-9,14-15H2,1-3H3,(H,25,27)(H,28,29)/b19-16-. The second kappa shape index (κ2) is 12.2. The van der Waals surface area contributed by atoms with Crippen LogP contribution < -0.4 is 5.32 Å². The zero-order valence-corrected chi connectivity index (χ0v) is 20.6. The predicted octanol–water partition coefficient (Wildman–Crippen LogP) is 4.73. The van der Waals surface area contributed by atoms with Crippen LogP contribution in [-0.2, 0) is 19.8 Å². The van der Waals surface area contributed by atoms with Crippen LogP contribution in [0.1, 0.15) is 70.4 Å². The van der Waals surface area contributed by atoms with Gasteiger partial charge in [-0.2, -0.15) is 0 Å². The van der Waals surface area contributed by atoms with Crippen LogP contribution in [0.3, 0.4) is 0 Å². The summed E-state index contributed by atoms with van der Waals surface area (Å²) in [5, 5.41) is 11.4. The van der Waals surface area contributed by atoms with Gasteiger partial charge in [-0.05, 0) is 41.9 Å². The number of aliphatic carboxylic acids is 1. The van der Waals surface area contributed by atoms with Crippen molar-refractivity contribution in [2.75, 3.05) is 13.1 Å². The Labute approximate surface area is 199 Å². The minimum absolute atomic E-state index is 0.0665. The Morgan fingerprint density at radius 2 is 1.78 bits per heavy atom. The fourth-order valence-electron chi connectivity index (χ4n) is 3.22. The van der Waals surface area contributed by atoms with Crippen LogP contribution in [0.2, 0.25) is 0 Å². The third-order valence-corrected chi connectivity index (χ3v) is 6.50. The van der Waals surface area contributed by atoms with E-state index in [4.69, 9.17) is 17.3 Å². The Morgan fingerprint density at radius 1 is 1.09 bits per heavy atom. The highest BCUT2D eigenvalue weighted by Gasteiger charge is 2.31. The van der Waals surface area contributed by atoms with Gasteiger partial charge >= 0.3 is 5.97 Å². The monoisotopic (exact) mass is 476 g/mol. The first-order chi connectivity index (χ1) is 15.1. The molecule has 0 saturated carbocycles. The number of unbranched alkanes of at least 4 members (excludes halogenated alkanes) is 2. The van der Waals surface area contributed by atoms with Crippen molar-refractivity contribution >= 4 is 52.2 Å². The van der Waals surface area contributed by atoms with E-state index in [0.717, 1.165) is 18.4 Å². The lowest BCUT2D eigenvalue weighted by Gasteiger charge is -2.18. The summed E-state index contributed by atoms with van der Waals surface area (Å²) in [5.41, 5.74) is 2.27. The minimum atomic E-state index is -0.794. The van der Waals surface area contributed by atoms with Crippen LogP contribution in [0, 0.1) is 0 Å². The molecule has 174 valence electrons. The molecular formula is C24H32N2O4S2. The number of carbonyl (C=O) groups is 3. The van der Waals surface area contributed by atoms with Gasteiger partial charge in [0.15, 0.2) is 0 Å². The van der Waals surface area contributed by atoms with Crippen LogP contribution in [0.15, 0.2) is 29.2 Å². The fraction of sp³-hybridized carbons (Fsp3) is 0.500. The lowest BCUT2D eigenvalue weighted by Crippen LogP contribution is -2.30. The first-order valence-electron chi connectivity index (χ1n) is 10.9.